The van der Waals surface area contributed by atoms with Gasteiger partial charge in [0.15, 0.2) is 0 Å². The number of anilines is 1. The first kappa shape index (κ1) is 21.1. The number of ether oxygens (including phenoxy) is 1. The minimum absolute atomic E-state index is 0.0301. The lowest BCUT2D eigenvalue weighted by Crippen LogP contribution is -2.35. The molecule has 0 saturated heterocycles. The highest BCUT2D eigenvalue weighted by Gasteiger charge is 2.38. The van der Waals surface area contributed by atoms with E-state index in [4.69, 9.17) is 16.3 Å². The van der Waals surface area contributed by atoms with Gasteiger partial charge in [-0.1, -0.05) is 56.6 Å². The van der Waals surface area contributed by atoms with Gasteiger partial charge in [-0.05, 0) is 40.8 Å². The second kappa shape index (κ2) is 8.39. The molecule has 152 valence electrons. The van der Waals surface area contributed by atoms with Gasteiger partial charge >= 0.3 is 0 Å². The molecule has 6 heteroatoms. The molecule has 0 fully saturated rings. The minimum atomic E-state index is -0.364. The van der Waals surface area contributed by atoms with Gasteiger partial charge in [0, 0.05) is 17.8 Å². The highest BCUT2D eigenvalue weighted by atomic mass is 35.5. The molecular weight excluding hydrogens is 388 g/mol. The standard InChI is InChI=1S/C23H25ClN2O3/c1-23(2,3)16-7-11-18(12-8-16)25-20-19(15-5-9-17(24)10-6-15)21(27)26(22(20)28)13-14-29-4/h5-12,25H,13-14H2,1-4H3. The molecule has 29 heavy (non-hydrogen) atoms. The third-order valence-corrected chi connectivity index (χ3v) is 5.09. The highest BCUT2D eigenvalue weighted by molar-refractivity contribution is 6.36. The zero-order valence-corrected chi connectivity index (χ0v) is 17.8. The van der Waals surface area contributed by atoms with Crippen molar-refractivity contribution < 1.29 is 14.3 Å². The molecule has 0 aliphatic carbocycles. The summed E-state index contributed by atoms with van der Waals surface area (Å²) < 4.78 is 5.05. The molecule has 0 saturated carbocycles. The predicted octanol–water partition coefficient (Wildman–Crippen LogP) is 4.48. The molecular formula is C23H25ClN2O3. The van der Waals surface area contributed by atoms with Crippen LogP contribution < -0.4 is 5.32 Å². The fourth-order valence-electron chi connectivity index (χ4n) is 3.16. The molecule has 1 heterocycles. The normalized spacial score (nSPS) is 14.7. The Morgan fingerprint density at radius 2 is 1.59 bits per heavy atom. The maximum absolute atomic E-state index is 13.0. The maximum atomic E-state index is 13.0. The molecule has 2 aromatic carbocycles. The van der Waals surface area contributed by atoms with Crippen LogP contribution in [0.5, 0.6) is 0 Å². The molecule has 0 aromatic heterocycles. The van der Waals surface area contributed by atoms with E-state index in [1.54, 1.807) is 24.3 Å². The van der Waals surface area contributed by atoms with Crippen LogP contribution in [-0.4, -0.2) is 37.0 Å². The predicted molar refractivity (Wildman–Crippen MR) is 116 cm³/mol. The molecule has 0 radical (unpaired) electrons. The number of nitrogens with zero attached hydrogens (tertiary/aromatic N) is 1. The van der Waals surface area contributed by atoms with Crippen LogP contribution in [0.4, 0.5) is 5.69 Å². The zero-order chi connectivity index (χ0) is 21.2. The fourth-order valence-corrected chi connectivity index (χ4v) is 3.29. The first-order valence-corrected chi connectivity index (χ1v) is 9.83. The van der Waals surface area contributed by atoms with Crippen molar-refractivity contribution in [2.24, 2.45) is 0 Å². The minimum Gasteiger partial charge on any atom is -0.383 e. The Balaban J connectivity index is 1.98. The maximum Gasteiger partial charge on any atom is 0.278 e. The fraction of sp³-hybridized carbons (Fsp3) is 0.304. The molecule has 2 aromatic rings. The Morgan fingerprint density at radius 3 is 2.14 bits per heavy atom. The molecule has 1 aliphatic rings. The van der Waals surface area contributed by atoms with E-state index >= 15 is 0 Å². The van der Waals surface area contributed by atoms with Crippen molar-refractivity contribution in [1.29, 1.82) is 0 Å². The lowest BCUT2D eigenvalue weighted by molar-refractivity contribution is -0.137. The zero-order valence-electron chi connectivity index (χ0n) is 17.1. The summed E-state index contributed by atoms with van der Waals surface area (Å²) in [5.74, 6) is -0.708. The highest BCUT2D eigenvalue weighted by Crippen LogP contribution is 2.31. The molecule has 1 aliphatic heterocycles. The average molecular weight is 413 g/mol. The Labute approximate surface area is 176 Å². The van der Waals surface area contributed by atoms with Gasteiger partial charge < -0.3 is 10.1 Å². The number of rotatable bonds is 6. The van der Waals surface area contributed by atoms with E-state index in [0.717, 1.165) is 5.69 Å². The summed E-state index contributed by atoms with van der Waals surface area (Å²) >= 11 is 5.99. The van der Waals surface area contributed by atoms with Crippen molar-refractivity contribution in [2.75, 3.05) is 25.6 Å². The Morgan fingerprint density at radius 1 is 0.966 bits per heavy atom. The lowest BCUT2D eigenvalue weighted by atomic mass is 9.87. The second-order valence-corrected chi connectivity index (χ2v) is 8.40. The van der Waals surface area contributed by atoms with E-state index in [2.05, 4.69) is 26.1 Å². The summed E-state index contributed by atoms with van der Waals surface area (Å²) in [6.45, 7) is 6.90. The van der Waals surface area contributed by atoms with Crippen molar-refractivity contribution in [2.45, 2.75) is 26.2 Å². The number of halogens is 1. The SMILES string of the molecule is COCCN1C(=O)C(Nc2ccc(C(C)(C)C)cc2)=C(c2ccc(Cl)cc2)C1=O. The monoisotopic (exact) mass is 412 g/mol. The van der Waals surface area contributed by atoms with Crippen molar-refractivity contribution in [3.8, 4) is 0 Å². The number of imide groups is 1. The van der Waals surface area contributed by atoms with Gasteiger partial charge in [-0.25, -0.2) is 0 Å². The van der Waals surface area contributed by atoms with Gasteiger partial charge in [-0.2, -0.15) is 0 Å². The van der Waals surface area contributed by atoms with E-state index < -0.39 is 0 Å². The molecule has 3 rings (SSSR count). The van der Waals surface area contributed by atoms with E-state index in [-0.39, 0.29) is 36.1 Å². The number of benzene rings is 2. The van der Waals surface area contributed by atoms with Crippen molar-refractivity contribution in [3.05, 3.63) is 70.4 Å². The van der Waals surface area contributed by atoms with Crippen molar-refractivity contribution in [1.82, 2.24) is 4.90 Å². The quantitative estimate of drug-likeness (QED) is 0.711. The Hall–Kier alpha value is -2.63. The van der Waals surface area contributed by atoms with Crippen LogP contribution >= 0.6 is 11.6 Å². The molecule has 5 nitrogen and oxygen atoms in total. The molecule has 1 N–H and O–H groups in total. The molecule has 0 atom stereocenters. The molecule has 0 bridgehead atoms. The van der Waals surface area contributed by atoms with Gasteiger partial charge in [-0.3, -0.25) is 14.5 Å². The number of amides is 2. The Bertz CT molecular complexity index is 942. The van der Waals surface area contributed by atoms with E-state index in [0.29, 0.717) is 16.2 Å². The van der Waals surface area contributed by atoms with Crippen LogP contribution in [0.2, 0.25) is 5.02 Å². The van der Waals surface area contributed by atoms with E-state index in [9.17, 15) is 9.59 Å². The number of carbonyl (C=O) groups is 2. The van der Waals surface area contributed by atoms with Crippen molar-refractivity contribution >= 4 is 34.7 Å². The largest absolute Gasteiger partial charge is 0.383 e. The molecule has 2 amide bonds. The van der Waals surface area contributed by atoms with Crippen LogP contribution in [0, 0.1) is 0 Å². The van der Waals surface area contributed by atoms with Crippen LogP contribution in [-0.2, 0) is 19.7 Å². The van der Waals surface area contributed by atoms with Crippen LogP contribution in [0.3, 0.4) is 0 Å². The van der Waals surface area contributed by atoms with Crippen molar-refractivity contribution in [3.63, 3.8) is 0 Å². The molecule has 0 unspecified atom stereocenters. The summed E-state index contributed by atoms with van der Waals surface area (Å²) in [5, 5.41) is 3.73. The second-order valence-electron chi connectivity index (χ2n) is 7.96. The van der Waals surface area contributed by atoms with Gasteiger partial charge in [-0.15, -0.1) is 0 Å². The lowest BCUT2D eigenvalue weighted by Gasteiger charge is -2.19. The van der Waals surface area contributed by atoms with E-state index in [1.165, 1.54) is 17.6 Å². The van der Waals surface area contributed by atoms with Crippen LogP contribution in [0.25, 0.3) is 5.57 Å². The van der Waals surface area contributed by atoms with Crippen LogP contribution in [0.1, 0.15) is 31.9 Å². The topological polar surface area (TPSA) is 58.6 Å². The number of hydrogen-bond acceptors (Lipinski definition) is 4. The summed E-state index contributed by atoms with van der Waals surface area (Å²) in [5.41, 5.74) is 3.20. The number of carbonyl (C=O) groups excluding carboxylic acids is 2. The molecule has 0 spiro atoms. The number of nitrogens with one attached hydrogen (secondary N) is 1. The summed E-state index contributed by atoms with van der Waals surface area (Å²) in [7, 11) is 1.54. The van der Waals surface area contributed by atoms with Gasteiger partial charge in [0.2, 0.25) is 0 Å². The van der Waals surface area contributed by atoms with Gasteiger partial charge in [0.1, 0.15) is 5.70 Å². The number of methoxy groups -OCH3 is 1. The van der Waals surface area contributed by atoms with Gasteiger partial charge in [0.05, 0.1) is 18.7 Å². The Kier molecular flexibility index (Phi) is 6.10. The average Bonchev–Trinajstić information content (AvgIpc) is 2.90. The third kappa shape index (κ3) is 4.52. The summed E-state index contributed by atoms with van der Waals surface area (Å²) in [4.78, 5) is 27.2. The van der Waals surface area contributed by atoms with E-state index in [1.807, 2.05) is 24.3 Å². The first-order chi connectivity index (χ1) is 13.7. The first-order valence-electron chi connectivity index (χ1n) is 9.45. The van der Waals surface area contributed by atoms with Gasteiger partial charge in [0.25, 0.3) is 11.8 Å². The van der Waals surface area contributed by atoms with Crippen LogP contribution in [0.15, 0.2) is 54.2 Å². The number of hydrogen-bond donors (Lipinski definition) is 1. The summed E-state index contributed by atoms with van der Waals surface area (Å²) in [6, 6.07) is 14.8. The summed E-state index contributed by atoms with van der Waals surface area (Å²) in [6.07, 6.45) is 0. The third-order valence-electron chi connectivity index (χ3n) is 4.84. The smallest absolute Gasteiger partial charge is 0.278 e.